The number of aliphatic carboxylic acids is 1. The summed E-state index contributed by atoms with van der Waals surface area (Å²) in [5.74, 6) is -1.01. The highest BCUT2D eigenvalue weighted by Gasteiger charge is 2.33. The lowest BCUT2D eigenvalue weighted by Crippen LogP contribution is -2.39. The Morgan fingerprint density at radius 1 is 1.18 bits per heavy atom. The third kappa shape index (κ3) is 5.53. The van der Waals surface area contributed by atoms with Crippen molar-refractivity contribution in [2.45, 2.75) is 24.8 Å². The minimum atomic E-state index is -1.10. The van der Waals surface area contributed by atoms with Crippen LogP contribution in [-0.4, -0.2) is 48.2 Å². The molecule has 0 spiro atoms. The zero-order valence-corrected chi connectivity index (χ0v) is 22.9. The molecule has 4 rings (SSSR count). The van der Waals surface area contributed by atoms with Gasteiger partial charge in [0.1, 0.15) is 0 Å². The molecule has 2 aromatic carbocycles. The average Bonchev–Trinajstić information content (AvgIpc) is 3.21. The Balaban J connectivity index is 1.84. The molecule has 3 aromatic rings. The van der Waals surface area contributed by atoms with E-state index in [2.05, 4.69) is 4.99 Å². The van der Waals surface area contributed by atoms with Gasteiger partial charge in [0, 0.05) is 4.90 Å². The number of allylic oxidation sites excluding steroid dienone is 1. The highest BCUT2D eigenvalue weighted by atomic mass is 32.2. The van der Waals surface area contributed by atoms with Crippen molar-refractivity contribution in [2.24, 2.45) is 4.99 Å². The molecule has 0 unspecified atom stereocenters. The smallest absolute Gasteiger partial charge is 0.341 e. The second kappa shape index (κ2) is 11.7. The molecule has 1 aliphatic rings. The molecule has 0 saturated heterocycles. The summed E-state index contributed by atoms with van der Waals surface area (Å²) in [5.41, 5.74) is 1.94. The number of thiazole rings is 1. The first-order chi connectivity index (χ1) is 18.3. The van der Waals surface area contributed by atoms with Crippen LogP contribution in [0, 0.1) is 0 Å². The Hall–Kier alpha value is -3.83. The van der Waals surface area contributed by atoms with Gasteiger partial charge in [-0.3, -0.25) is 9.36 Å². The first-order valence-corrected chi connectivity index (χ1v) is 13.7. The van der Waals surface area contributed by atoms with Crippen molar-refractivity contribution in [3.05, 3.63) is 84.5 Å². The first kappa shape index (κ1) is 27.2. The number of hydrogen-bond acceptors (Lipinski definition) is 9. The molecule has 1 aliphatic heterocycles. The van der Waals surface area contributed by atoms with Gasteiger partial charge in [-0.25, -0.2) is 14.6 Å². The van der Waals surface area contributed by atoms with Crippen LogP contribution in [0.25, 0.3) is 6.08 Å². The fourth-order valence-corrected chi connectivity index (χ4v) is 5.53. The van der Waals surface area contributed by atoms with E-state index in [9.17, 15) is 14.4 Å². The molecule has 9 nitrogen and oxygen atoms in total. The lowest BCUT2D eigenvalue weighted by Gasteiger charge is -2.24. The standard InChI is InChI=1S/C27H26N2O7S2/c1-5-35-26(33)23-15(2)28-27-29(24(23)17-7-9-18(37-4)10-8-17)25(32)21(38-27)13-16-6-11-19(20(12-16)34-3)36-14-22(30)31/h6-13,24H,5,14H2,1-4H3,(H,30,31)/b21-13+/t24-/m1/s1. The summed E-state index contributed by atoms with van der Waals surface area (Å²) in [6.07, 6.45) is 3.68. The zero-order valence-electron chi connectivity index (χ0n) is 21.2. The van der Waals surface area contributed by atoms with Crippen LogP contribution in [-0.2, 0) is 14.3 Å². The second-order valence-corrected chi connectivity index (χ2v) is 10.1. The monoisotopic (exact) mass is 554 g/mol. The lowest BCUT2D eigenvalue weighted by atomic mass is 9.96. The Kier molecular flexibility index (Phi) is 8.38. The number of carbonyl (C=O) groups excluding carboxylic acids is 1. The maximum atomic E-state index is 13.7. The minimum Gasteiger partial charge on any atom is -0.493 e. The van der Waals surface area contributed by atoms with Crippen LogP contribution < -0.4 is 24.4 Å². The molecule has 0 fully saturated rings. The number of carboxylic acids is 1. The molecule has 38 heavy (non-hydrogen) atoms. The molecule has 11 heteroatoms. The minimum absolute atomic E-state index is 0.201. The van der Waals surface area contributed by atoms with Gasteiger partial charge in [-0.05, 0) is 61.6 Å². The number of hydrogen-bond donors (Lipinski definition) is 1. The van der Waals surface area contributed by atoms with Crippen molar-refractivity contribution in [3.8, 4) is 11.5 Å². The van der Waals surface area contributed by atoms with E-state index in [1.807, 2.05) is 30.5 Å². The lowest BCUT2D eigenvalue weighted by molar-refractivity contribution is -0.140. The van der Waals surface area contributed by atoms with Gasteiger partial charge in [-0.1, -0.05) is 29.5 Å². The summed E-state index contributed by atoms with van der Waals surface area (Å²) in [6, 6.07) is 12.0. The molecular weight excluding hydrogens is 528 g/mol. The van der Waals surface area contributed by atoms with Gasteiger partial charge in [-0.2, -0.15) is 0 Å². The quantitative estimate of drug-likeness (QED) is 0.317. The third-order valence-corrected chi connectivity index (χ3v) is 7.51. The number of nitrogens with zero attached hydrogens (tertiary/aromatic N) is 2. The summed E-state index contributed by atoms with van der Waals surface area (Å²) < 4.78 is 17.9. The van der Waals surface area contributed by atoms with E-state index >= 15 is 0 Å². The number of methoxy groups -OCH3 is 1. The summed E-state index contributed by atoms with van der Waals surface area (Å²) in [5, 5.41) is 8.88. The van der Waals surface area contributed by atoms with Gasteiger partial charge in [0.05, 0.1) is 35.6 Å². The number of ether oxygens (including phenoxy) is 3. The van der Waals surface area contributed by atoms with Crippen molar-refractivity contribution in [3.63, 3.8) is 0 Å². The number of benzene rings is 2. The summed E-state index contributed by atoms with van der Waals surface area (Å²) in [6.45, 7) is 3.17. The van der Waals surface area contributed by atoms with Crippen LogP contribution >= 0.6 is 23.1 Å². The van der Waals surface area contributed by atoms with Crippen molar-refractivity contribution >= 4 is 41.1 Å². The van der Waals surface area contributed by atoms with Crippen LogP contribution in [0.3, 0.4) is 0 Å². The van der Waals surface area contributed by atoms with Gasteiger partial charge in [0.15, 0.2) is 22.9 Å². The molecule has 0 aliphatic carbocycles. The van der Waals surface area contributed by atoms with E-state index in [1.165, 1.54) is 23.0 Å². The molecule has 0 bridgehead atoms. The van der Waals surface area contributed by atoms with Crippen LogP contribution in [0.2, 0.25) is 0 Å². The molecule has 2 heterocycles. The van der Waals surface area contributed by atoms with Crippen LogP contribution in [0.5, 0.6) is 11.5 Å². The van der Waals surface area contributed by atoms with Gasteiger partial charge in [-0.15, -0.1) is 11.8 Å². The Morgan fingerprint density at radius 3 is 2.55 bits per heavy atom. The molecule has 0 radical (unpaired) electrons. The van der Waals surface area contributed by atoms with E-state index in [0.717, 1.165) is 10.5 Å². The SMILES string of the molecule is CCOC(=O)C1=C(C)N=c2s/c(=C/c3ccc(OCC(=O)O)c(OC)c3)c(=O)n2[C@@H]1c1ccc(SC)cc1. The Morgan fingerprint density at radius 2 is 1.92 bits per heavy atom. The van der Waals surface area contributed by atoms with Crippen LogP contribution in [0.15, 0.2) is 68.4 Å². The maximum Gasteiger partial charge on any atom is 0.341 e. The molecular formula is C27H26N2O7S2. The van der Waals surface area contributed by atoms with Crippen molar-refractivity contribution in [1.82, 2.24) is 4.57 Å². The Bertz CT molecular complexity index is 1590. The number of esters is 1. The van der Waals surface area contributed by atoms with Gasteiger partial charge in [0.2, 0.25) is 0 Å². The maximum absolute atomic E-state index is 13.7. The molecule has 0 saturated carbocycles. The number of rotatable bonds is 9. The fraction of sp³-hybridized carbons (Fsp3) is 0.259. The second-order valence-electron chi connectivity index (χ2n) is 8.17. The molecule has 0 amide bonds. The van der Waals surface area contributed by atoms with E-state index in [1.54, 1.807) is 49.9 Å². The first-order valence-electron chi connectivity index (χ1n) is 11.6. The average molecular weight is 555 g/mol. The number of aromatic nitrogens is 1. The molecule has 1 aromatic heterocycles. The highest BCUT2D eigenvalue weighted by Crippen LogP contribution is 2.32. The van der Waals surface area contributed by atoms with Gasteiger partial charge >= 0.3 is 11.9 Å². The van der Waals surface area contributed by atoms with E-state index < -0.39 is 24.6 Å². The summed E-state index contributed by atoms with van der Waals surface area (Å²) in [7, 11) is 1.45. The molecule has 198 valence electrons. The fourth-order valence-electron chi connectivity index (χ4n) is 4.08. The zero-order chi connectivity index (χ0) is 27.4. The number of fused-ring (bicyclic) bond motifs is 1. The van der Waals surface area contributed by atoms with E-state index in [-0.39, 0.29) is 17.9 Å². The summed E-state index contributed by atoms with van der Waals surface area (Å²) in [4.78, 5) is 43.7. The number of thioether (sulfide) groups is 1. The third-order valence-electron chi connectivity index (χ3n) is 5.79. The predicted molar refractivity (Wildman–Crippen MR) is 145 cm³/mol. The topological polar surface area (TPSA) is 116 Å². The largest absolute Gasteiger partial charge is 0.493 e. The van der Waals surface area contributed by atoms with Crippen molar-refractivity contribution in [1.29, 1.82) is 0 Å². The van der Waals surface area contributed by atoms with Crippen LogP contribution in [0.1, 0.15) is 31.0 Å². The van der Waals surface area contributed by atoms with Gasteiger partial charge < -0.3 is 19.3 Å². The summed E-state index contributed by atoms with van der Waals surface area (Å²) >= 11 is 2.81. The Labute approximate surface area is 226 Å². The van der Waals surface area contributed by atoms with Gasteiger partial charge in [0.25, 0.3) is 5.56 Å². The molecule has 1 atom stereocenters. The normalized spacial score (nSPS) is 15.1. The number of carboxylic acid groups (broad SMARTS) is 1. The van der Waals surface area contributed by atoms with Crippen molar-refractivity contribution < 1.29 is 28.9 Å². The highest BCUT2D eigenvalue weighted by molar-refractivity contribution is 7.98. The van der Waals surface area contributed by atoms with E-state index in [4.69, 9.17) is 19.3 Å². The molecule has 1 N–H and O–H groups in total. The van der Waals surface area contributed by atoms with E-state index in [0.29, 0.717) is 31.9 Å². The number of carbonyl (C=O) groups is 2. The van der Waals surface area contributed by atoms with Crippen molar-refractivity contribution in [2.75, 3.05) is 26.6 Å². The predicted octanol–water partition coefficient (Wildman–Crippen LogP) is 2.99. The van der Waals surface area contributed by atoms with Crippen LogP contribution in [0.4, 0.5) is 0 Å².